The van der Waals surface area contributed by atoms with Gasteiger partial charge in [-0.15, -0.1) is 0 Å². The van der Waals surface area contributed by atoms with E-state index < -0.39 is 16.1 Å². The molecule has 0 spiro atoms. The predicted molar refractivity (Wildman–Crippen MR) is 106 cm³/mol. The van der Waals surface area contributed by atoms with Crippen LogP contribution in [0.2, 0.25) is 0 Å². The molecular weight excluding hydrogens is 360 g/mol. The van der Waals surface area contributed by atoms with Gasteiger partial charge in [0.05, 0.1) is 4.90 Å². The van der Waals surface area contributed by atoms with Crippen molar-refractivity contribution in [3.63, 3.8) is 0 Å². The third-order valence-corrected chi connectivity index (χ3v) is 6.78. The van der Waals surface area contributed by atoms with Gasteiger partial charge in [-0.05, 0) is 48.6 Å². The zero-order chi connectivity index (χ0) is 19.4. The Balaban J connectivity index is 1.97. The Morgan fingerprint density at radius 3 is 2.59 bits per heavy atom. The second-order valence-electron chi connectivity index (χ2n) is 7.00. The molecule has 0 radical (unpaired) electrons. The highest BCUT2D eigenvalue weighted by Crippen LogP contribution is 2.29. The number of unbranched alkanes of at least 4 members (excludes halogenated alkanes) is 1. The summed E-state index contributed by atoms with van der Waals surface area (Å²) in [7, 11) is -3.78. The Labute approximate surface area is 161 Å². The minimum absolute atomic E-state index is 0.207. The minimum Gasteiger partial charge on any atom is -0.355 e. The van der Waals surface area contributed by atoms with Crippen molar-refractivity contribution in [1.29, 1.82) is 0 Å². The van der Waals surface area contributed by atoms with Crippen molar-refractivity contribution in [3.8, 4) is 0 Å². The number of sulfonamides is 1. The Morgan fingerprint density at radius 1 is 1.15 bits per heavy atom. The van der Waals surface area contributed by atoms with Gasteiger partial charge in [0, 0.05) is 13.1 Å². The number of benzene rings is 2. The quantitative estimate of drug-likeness (QED) is 0.776. The van der Waals surface area contributed by atoms with Crippen LogP contribution < -0.4 is 5.32 Å². The molecule has 2 aromatic carbocycles. The summed E-state index contributed by atoms with van der Waals surface area (Å²) in [4.78, 5) is 13.1. The Bertz CT molecular complexity index is 925. The molecule has 1 aliphatic heterocycles. The van der Waals surface area contributed by atoms with Crippen LogP contribution in [-0.2, 0) is 27.8 Å². The number of hydrogen-bond acceptors (Lipinski definition) is 3. The lowest BCUT2D eigenvalue weighted by Crippen LogP contribution is -2.52. The van der Waals surface area contributed by atoms with Crippen LogP contribution in [0.4, 0.5) is 0 Å². The zero-order valence-corrected chi connectivity index (χ0v) is 16.6. The Kier molecular flexibility index (Phi) is 5.97. The normalized spacial score (nSPS) is 17.3. The molecule has 0 bridgehead atoms. The molecule has 0 aromatic heterocycles. The smallest absolute Gasteiger partial charge is 0.244 e. The van der Waals surface area contributed by atoms with Gasteiger partial charge in [0.25, 0.3) is 0 Å². The van der Waals surface area contributed by atoms with E-state index in [0.29, 0.717) is 13.0 Å². The lowest BCUT2D eigenvalue weighted by molar-refractivity contribution is -0.125. The molecule has 5 nitrogen and oxygen atoms in total. The zero-order valence-electron chi connectivity index (χ0n) is 15.8. The van der Waals surface area contributed by atoms with E-state index in [1.54, 1.807) is 18.2 Å². The highest BCUT2D eigenvalue weighted by Gasteiger charge is 2.39. The van der Waals surface area contributed by atoms with Crippen molar-refractivity contribution >= 4 is 15.9 Å². The van der Waals surface area contributed by atoms with Gasteiger partial charge in [-0.1, -0.05) is 49.7 Å². The molecule has 0 unspecified atom stereocenters. The molecular formula is C21H26N2O3S. The number of hydrogen-bond donors (Lipinski definition) is 1. The maximum absolute atomic E-state index is 13.3. The van der Waals surface area contributed by atoms with Gasteiger partial charge >= 0.3 is 0 Å². The molecule has 0 saturated carbocycles. The van der Waals surface area contributed by atoms with E-state index in [4.69, 9.17) is 0 Å². The second-order valence-corrected chi connectivity index (χ2v) is 8.89. The van der Waals surface area contributed by atoms with E-state index >= 15 is 0 Å². The summed E-state index contributed by atoms with van der Waals surface area (Å²) >= 11 is 0. The topological polar surface area (TPSA) is 66.5 Å². The van der Waals surface area contributed by atoms with Gasteiger partial charge in [-0.3, -0.25) is 4.79 Å². The second kappa shape index (κ2) is 8.23. The molecule has 0 aliphatic carbocycles. The summed E-state index contributed by atoms with van der Waals surface area (Å²) in [6, 6.07) is 13.8. The fourth-order valence-electron chi connectivity index (χ4n) is 3.39. The average molecular weight is 387 g/mol. The van der Waals surface area contributed by atoms with Crippen molar-refractivity contribution in [2.24, 2.45) is 0 Å². The summed E-state index contributed by atoms with van der Waals surface area (Å²) in [5.41, 5.74) is 2.85. The first kappa shape index (κ1) is 19.6. The van der Waals surface area contributed by atoms with E-state index in [-0.39, 0.29) is 17.3 Å². The van der Waals surface area contributed by atoms with E-state index in [0.717, 1.165) is 29.5 Å². The molecule has 0 saturated heterocycles. The fourth-order valence-corrected chi connectivity index (χ4v) is 5.06. The maximum atomic E-state index is 13.3. The molecule has 27 heavy (non-hydrogen) atoms. The molecule has 6 heteroatoms. The first-order valence-electron chi connectivity index (χ1n) is 9.36. The first-order chi connectivity index (χ1) is 12.9. The van der Waals surface area contributed by atoms with Crippen LogP contribution in [0.1, 0.15) is 36.5 Å². The van der Waals surface area contributed by atoms with Gasteiger partial charge in [0.15, 0.2) is 0 Å². The standard InChI is InChI=1S/C21H26N2O3S/c1-3-4-12-22-21(24)20-14-17-9-5-6-10-18(17)15-23(20)27(25,26)19-11-7-8-16(2)13-19/h5-11,13,20H,3-4,12,14-15H2,1-2H3,(H,22,24)/t20-/m1/s1. The van der Waals surface area contributed by atoms with Gasteiger partial charge in [0.2, 0.25) is 15.9 Å². The molecule has 1 N–H and O–H groups in total. The molecule has 1 aliphatic rings. The summed E-state index contributed by atoms with van der Waals surface area (Å²) in [5, 5.41) is 2.90. The lowest BCUT2D eigenvalue weighted by atomic mass is 9.95. The van der Waals surface area contributed by atoms with Crippen molar-refractivity contribution in [1.82, 2.24) is 9.62 Å². The van der Waals surface area contributed by atoms with Crippen LogP contribution in [0, 0.1) is 6.92 Å². The van der Waals surface area contributed by atoms with E-state index in [2.05, 4.69) is 12.2 Å². The van der Waals surface area contributed by atoms with Crippen LogP contribution in [0.15, 0.2) is 53.4 Å². The summed E-state index contributed by atoms with van der Waals surface area (Å²) in [6.45, 7) is 4.68. The van der Waals surface area contributed by atoms with E-state index in [1.165, 1.54) is 4.31 Å². The predicted octanol–water partition coefficient (Wildman–Crippen LogP) is 3.03. The highest BCUT2D eigenvalue weighted by molar-refractivity contribution is 7.89. The molecule has 1 heterocycles. The summed E-state index contributed by atoms with van der Waals surface area (Å²) < 4.78 is 28.0. The van der Waals surface area contributed by atoms with E-state index in [1.807, 2.05) is 37.3 Å². The number of nitrogens with one attached hydrogen (secondary N) is 1. The molecule has 144 valence electrons. The SMILES string of the molecule is CCCCNC(=O)[C@H]1Cc2ccccc2CN1S(=O)(=O)c1cccc(C)c1. The number of aryl methyl sites for hydroxylation is 1. The highest BCUT2D eigenvalue weighted by atomic mass is 32.2. The van der Waals surface area contributed by atoms with Crippen LogP contribution in [0.5, 0.6) is 0 Å². The van der Waals surface area contributed by atoms with Crippen LogP contribution in [0.3, 0.4) is 0 Å². The van der Waals surface area contributed by atoms with Gasteiger partial charge < -0.3 is 5.32 Å². The Hall–Kier alpha value is -2.18. The lowest BCUT2D eigenvalue weighted by Gasteiger charge is -2.35. The summed E-state index contributed by atoms with van der Waals surface area (Å²) in [5.74, 6) is -0.228. The third-order valence-electron chi connectivity index (χ3n) is 4.93. The van der Waals surface area contributed by atoms with Gasteiger partial charge in [-0.25, -0.2) is 8.42 Å². The third kappa shape index (κ3) is 4.22. The number of carbonyl (C=O) groups is 1. The van der Waals surface area contributed by atoms with Crippen molar-refractivity contribution in [3.05, 3.63) is 65.2 Å². The van der Waals surface area contributed by atoms with Crippen LogP contribution >= 0.6 is 0 Å². The molecule has 1 amide bonds. The average Bonchev–Trinajstić information content (AvgIpc) is 2.67. The molecule has 2 aromatic rings. The van der Waals surface area contributed by atoms with Crippen molar-refractivity contribution < 1.29 is 13.2 Å². The molecule has 0 fully saturated rings. The number of carbonyl (C=O) groups excluding carboxylic acids is 1. The largest absolute Gasteiger partial charge is 0.355 e. The van der Waals surface area contributed by atoms with Crippen molar-refractivity contribution in [2.75, 3.05) is 6.54 Å². The molecule has 1 atom stereocenters. The monoisotopic (exact) mass is 386 g/mol. The Morgan fingerprint density at radius 2 is 1.89 bits per heavy atom. The van der Waals surface area contributed by atoms with Gasteiger partial charge in [0.1, 0.15) is 6.04 Å². The van der Waals surface area contributed by atoms with E-state index in [9.17, 15) is 13.2 Å². The molecule has 3 rings (SSSR count). The van der Waals surface area contributed by atoms with Crippen LogP contribution in [0.25, 0.3) is 0 Å². The maximum Gasteiger partial charge on any atom is 0.244 e. The van der Waals surface area contributed by atoms with Crippen LogP contribution in [-0.4, -0.2) is 31.2 Å². The number of rotatable bonds is 6. The number of amides is 1. The number of nitrogens with zero attached hydrogens (tertiary/aromatic N) is 1. The van der Waals surface area contributed by atoms with Crippen molar-refractivity contribution in [2.45, 2.75) is 50.6 Å². The minimum atomic E-state index is -3.78. The van der Waals surface area contributed by atoms with Gasteiger partial charge in [-0.2, -0.15) is 4.31 Å². The summed E-state index contributed by atoms with van der Waals surface area (Å²) in [6.07, 6.45) is 2.23. The number of fused-ring (bicyclic) bond motifs is 1. The fraction of sp³-hybridized carbons (Fsp3) is 0.381. The first-order valence-corrected chi connectivity index (χ1v) is 10.8.